The number of sulfonamides is 1. The lowest BCUT2D eigenvalue weighted by Gasteiger charge is -2.31. The normalized spacial score (nSPS) is 18.0. The van der Waals surface area contributed by atoms with E-state index in [1.165, 1.54) is 28.6 Å². The molecule has 2 aliphatic rings. The third-order valence-corrected chi connectivity index (χ3v) is 7.51. The SMILES string of the molecule is O=C(Nc1cccc(C(F)(F)F)c1)c1cc(S(=O)(=O)N2CCOCC2)ccc1N1CCOCC1. The lowest BCUT2D eigenvalue weighted by molar-refractivity contribution is -0.137. The molecule has 0 spiro atoms. The highest BCUT2D eigenvalue weighted by atomic mass is 32.2. The lowest BCUT2D eigenvalue weighted by atomic mass is 10.1. The number of amides is 1. The highest BCUT2D eigenvalue weighted by molar-refractivity contribution is 7.89. The summed E-state index contributed by atoms with van der Waals surface area (Å²) in [5, 5.41) is 2.48. The van der Waals surface area contributed by atoms with Gasteiger partial charge < -0.3 is 19.7 Å². The first-order chi connectivity index (χ1) is 16.2. The Morgan fingerprint density at radius 1 is 0.912 bits per heavy atom. The van der Waals surface area contributed by atoms with Gasteiger partial charge in [0, 0.05) is 37.6 Å². The van der Waals surface area contributed by atoms with Crippen molar-refractivity contribution in [2.24, 2.45) is 0 Å². The molecular formula is C22H24F3N3O5S. The van der Waals surface area contributed by atoms with Crippen LogP contribution in [0.15, 0.2) is 47.4 Å². The minimum atomic E-state index is -4.56. The van der Waals surface area contributed by atoms with Crippen LogP contribution in [0.25, 0.3) is 0 Å². The third kappa shape index (κ3) is 5.35. The Balaban J connectivity index is 1.69. The summed E-state index contributed by atoms with van der Waals surface area (Å²) < 4.78 is 77.4. The fourth-order valence-corrected chi connectivity index (χ4v) is 5.28. The van der Waals surface area contributed by atoms with E-state index >= 15 is 0 Å². The number of ether oxygens (including phenoxy) is 2. The summed E-state index contributed by atoms with van der Waals surface area (Å²) in [4.78, 5) is 15.0. The Kier molecular flexibility index (Phi) is 7.12. The molecule has 0 unspecified atom stereocenters. The Morgan fingerprint density at radius 3 is 2.21 bits per heavy atom. The molecule has 2 aromatic carbocycles. The third-order valence-electron chi connectivity index (χ3n) is 5.62. The first-order valence-electron chi connectivity index (χ1n) is 10.7. The number of anilines is 2. The average Bonchev–Trinajstić information content (AvgIpc) is 2.84. The quantitative estimate of drug-likeness (QED) is 0.681. The molecule has 1 N–H and O–H groups in total. The molecule has 2 aliphatic heterocycles. The summed E-state index contributed by atoms with van der Waals surface area (Å²) in [5.41, 5.74) is -0.418. The molecule has 2 heterocycles. The zero-order valence-electron chi connectivity index (χ0n) is 18.2. The van der Waals surface area contributed by atoms with E-state index in [0.29, 0.717) is 32.0 Å². The molecule has 0 aliphatic carbocycles. The van der Waals surface area contributed by atoms with Gasteiger partial charge in [0.2, 0.25) is 10.0 Å². The Hall–Kier alpha value is -2.67. The maximum absolute atomic E-state index is 13.2. The molecule has 0 aromatic heterocycles. The highest BCUT2D eigenvalue weighted by Crippen LogP contribution is 2.32. The summed E-state index contributed by atoms with van der Waals surface area (Å²) in [6.45, 7) is 2.77. The smallest absolute Gasteiger partial charge is 0.379 e. The average molecular weight is 500 g/mol. The molecule has 8 nitrogen and oxygen atoms in total. The number of nitrogens with one attached hydrogen (secondary N) is 1. The van der Waals surface area contributed by atoms with Crippen molar-refractivity contribution >= 4 is 27.3 Å². The maximum Gasteiger partial charge on any atom is 0.416 e. The first-order valence-corrected chi connectivity index (χ1v) is 12.1. The number of hydrogen-bond donors (Lipinski definition) is 1. The molecule has 34 heavy (non-hydrogen) atoms. The van der Waals surface area contributed by atoms with Crippen LogP contribution in [0.5, 0.6) is 0 Å². The van der Waals surface area contributed by atoms with E-state index in [9.17, 15) is 26.4 Å². The van der Waals surface area contributed by atoms with E-state index in [4.69, 9.17) is 9.47 Å². The number of morpholine rings is 2. The Bertz CT molecular complexity index is 1140. The largest absolute Gasteiger partial charge is 0.416 e. The van der Waals surface area contributed by atoms with Crippen molar-refractivity contribution in [3.05, 3.63) is 53.6 Å². The van der Waals surface area contributed by atoms with E-state index in [2.05, 4.69) is 5.32 Å². The fraction of sp³-hybridized carbons (Fsp3) is 0.409. The molecule has 0 bridgehead atoms. The number of carbonyl (C=O) groups excluding carboxylic acids is 1. The van der Waals surface area contributed by atoms with Crippen LogP contribution in [0.4, 0.5) is 24.5 Å². The van der Waals surface area contributed by atoms with Gasteiger partial charge in [-0.1, -0.05) is 6.07 Å². The standard InChI is InChI=1S/C22H24F3N3O5S/c23-22(24,25)16-2-1-3-17(14-16)26-21(29)19-15-18(34(30,31)28-8-12-33-13-9-28)4-5-20(19)27-6-10-32-11-7-27/h1-5,14-15H,6-13H2,(H,26,29). The van der Waals surface area contributed by atoms with Crippen molar-refractivity contribution in [2.45, 2.75) is 11.1 Å². The van der Waals surface area contributed by atoms with Crippen molar-refractivity contribution in [1.82, 2.24) is 4.31 Å². The summed E-state index contributed by atoms with van der Waals surface area (Å²) >= 11 is 0. The van der Waals surface area contributed by atoms with E-state index in [-0.39, 0.29) is 42.4 Å². The molecule has 0 radical (unpaired) electrons. The molecule has 0 saturated carbocycles. The number of nitrogens with zero attached hydrogens (tertiary/aromatic N) is 2. The topological polar surface area (TPSA) is 88.2 Å². The van der Waals surface area contributed by atoms with Crippen molar-refractivity contribution in [2.75, 3.05) is 62.8 Å². The van der Waals surface area contributed by atoms with Crippen molar-refractivity contribution in [1.29, 1.82) is 0 Å². The van der Waals surface area contributed by atoms with Gasteiger partial charge in [-0.25, -0.2) is 8.42 Å². The summed E-state index contributed by atoms with van der Waals surface area (Å²) in [6, 6.07) is 8.55. The van der Waals surface area contributed by atoms with E-state index in [0.717, 1.165) is 12.1 Å². The van der Waals surface area contributed by atoms with Crippen LogP contribution < -0.4 is 10.2 Å². The number of carbonyl (C=O) groups is 1. The predicted molar refractivity (Wildman–Crippen MR) is 118 cm³/mol. The molecule has 2 aromatic rings. The van der Waals surface area contributed by atoms with Crippen LogP contribution >= 0.6 is 0 Å². The minimum absolute atomic E-state index is 0.0470. The Morgan fingerprint density at radius 2 is 1.56 bits per heavy atom. The maximum atomic E-state index is 13.2. The van der Waals surface area contributed by atoms with Crippen LogP contribution in [0.2, 0.25) is 0 Å². The number of benzene rings is 2. The summed E-state index contributed by atoms with van der Waals surface area (Å²) in [5.74, 6) is -0.708. The van der Waals surface area contributed by atoms with Crippen LogP contribution in [0.3, 0.4) is 0 Å². The van der Waals surface area contributed by atoms with Gasteiger partial charge in [-0.05, 0) is 36.4 Å². The van der Waals surface area contributed by atoms with Gasteiger partial charge in [0.15, 0.2) is 0 Å². The molecule has 0 atom stereocenters. The highest BCUT2D eigenvalue weighted by Gasteiger charge is 2.31. The van der Waals surface area contributed by atoms with Crippen LogP contribution in [0.1, 0.15) is 15.9 Å². The van der Waals surface area contributed by atoms with Gasteiger partial charge in [0.25, 0.3) is 5.91 Å². The van der Waals surface area contributed by atoms with Gasteiger partial charge >= 0.3 is 6.18 Å². The molecule has 184 valence electrons. The molecular weight excluding hydrogens is 475 g/mol. The Labute approximate surface area is 195 Å². The lowest BCUT2D eigenvalue weighted by Crippen LogP contribution is -2.41. The van der Waals surface area contributed by atoms with Gasteiger partial charge in [-0.2, -0.15) is 17.5 Å². The second-order valence-corrected chi connectivity index (χ2v) is 9.77. The van der Waals surface area contributed by atoms with Crippen LogP contribution in [-0.2, 0) is 25.7 Å². The molecule has 12 heteroatoms. The summed E-state index contributed by atoms with van der Waals surface area (Å²) in [7, 11) is -3.88. The summed E-state index contributed by atoms with van der Waals surface area (Å²) in [6.07, 6.45) is -4.56. The van der Waals surface area contributed by atoms with Gasteiger partial charge in [-0.15, -0.1) is 0 Å². The van der Waals surface area contributed by atoms with Gasteiger partial charge in [0.05, 0.1) is 42.4 Å². The zero-order valence-corrected chi connectivity index (χ0v) is 19.0. The monoisotopic (exact) mass is 499 g/mol. The number of hydrogen-bond acceptors (Lipinski definition) is 6. The van der Waals surface area contributed by atoms with Gasteiger partial charge in [0.1, 0.15) is 0 Å². The van der Waals surface area contributed by atoms with Gasteiger partial charge in [-0.3, -0.25) is 4.79 Å². The first kappa shape index (κ1) is 24.5. The van der Waals surface area contributed by atoms with Crippen LogP contribution in [0, 0.1) is 0 Å². The zero-order chi connectivity index (χ0) is 24.3. The molecule has 1 amide bonds. The fourth-order valence-electron chi connectivity index (χ4n) is 3.85. The van der Waals surface area contributed by atoms with Crippen molar-refractivity contribution < 1.29 is 35.9 Å². The van der Waals surface area contributed by atoms with E-state index in [1.807, 2.05) is 4.90 Å². The van der Waals surface area contributed by atoms with Crippen LogP contribution in [-0.4, -0.2) is 71.2 Å². The van der Waals surface area contributed by atoms with E-state index in [1.54, 1.807) is 6.07 Å². The molecule has 2 saturated heterocycles. The second-order valence-electron chi connectivity index (χ2n) is 7.83. The predicted octanol–water partition coefficient (Wildman–Crippen LogP) is 2.82. The number of alkyl halides is 3. The molecule has 4 rings (SSSR count). The van der Waals surface area contributed by atoms with Crippen molar-refractivity contribution in [3.8, 4) is 0 Å². The number of rotatable bonds is 5. The second kappa shape index (κ2) is 9.90. The molecule has 2 fully saturated rings. The van der Waals surface area contributed by atoms with E-state index < -0.39 is 27.7 Å². The minimum Gasteiger partial charge on any atom is -0.379 e. The number of halogens is 3. The van der Waals surface area contributed by atoms with Crippen molar-refractivity contribution in [3.63, 3.8) is 0 Å².